The quantitative estimate of drug-likeness (QED) is 0.836. The number of nitrogens with one attached hydrogen (secondary N) is 1. The van der Waals surface area contributed by atoms with E-state index in [0.29, 0.717) is 6.42 Å². The van der Waals surface area contributed by atoms with Crippen molar-refractivity contribution >= 4 is 12.1 Å². The lowest BCUT2D eigenvalue weighted by molar-refractivity contribution is -0.595. The first-order chi connectivity index (χ1) is 9.22. The van der Waals surface area contributed by atoms with Crippen molar-refractivity contribution in [1.29, 1.82) is 0 Å². The van der Waals surface area contributed by atoms with Gasteiger partial charge in [0.25, 0.3) is 5.91 Å². The fourth-order valence-corrected chi connectivity index (χ4v) is 2.28. The minimum absolute atomic E-state index is 0.0131. The summed E-state index contributed by atoms with van der Waals surface area (Å²) in [5.41, 5.74) is 3.95. The Morgan fingerprint density at radius 3 is 2.74 bits per heavy atom. The molecule has 1 aliphatic rings. The van der Waals surface area contributed by atoms with E-state index < -0.39 is 0 Å². The molecule has 0 aliphatic carbocycles. The Balaban J connectivity index is 1.95. The predicted molar refractivity (Wildman–Crippen MR) is 70.8 cm³/mol. The summed E-state index contributed by atoms with van der Waals surface area (Å²) in [5.74, 6) is 1.61. The smallest absolute Gasteiger partial charge is 0.281 e. The van der Waals surface area contributed by atoms with Crippen LogP contribution in [0.5, 0.6) is 0 Å². The van der Waals surface area contributed by atoms with Gasteiger partial charge in [-0.15, -0.1) is 10.1 Å². The number of aryl methyl sites for hydroxylation is 1. The molecule has 1 unspecified atom stereocenters. The third-order valence-corrected chi connectivity index (χ3v) is 3.18. The zero-order valence-electron chi connectivity index (χ0n) is 10.7. The van der Waals surface area contributed by atoms with E-state index in [2.05, 4.69) is 5.43 Å². The maximum Gasteiger partial charge on any atom is 0.281 e. The molecular formula is C15H15N2O2+. The van der Waals surface area contributed by atoms with Crippen molar-refractivity contribution in [2.75, 3.05) is 0 Å². The van der Waals surface area contributed by atoms with Crippen LogP contribution in [0.2, 0.25) is 0 Å². The molecule has 4 nitrogen and oxygen atoms in total. The molecule has 1 aromatic heterocycles. The SMILES string of the molecule is Cc1ccc(/C=[N+]2\NC(=O)CC2c2ccccc2)o1. The Morgan fingerprint density at radius 1 is 1.26 bits per heavy atom. The highest BCUT2D eigenvalue weighted by Gasteiger charge is 2.35. The number of hydrazine groups is 1. The van der Waals surface area contributed by atoms with Crippen LogP contribution in [-0.2, 0) is 4.79 Å². The highest BCUT2D eigenvalue weighted by Crippen LogP contribution is 2.23. The third-order valence-electron chi connectivity index (χ3n) is 3.18. The summed E-state index contributed by atoms with van der Waals surface area (Å²) >= 11 is 0. The molecule has 0 bridgehead atoms. The van der Waals surface area contributed by atoms with Crippen molar-refractivity contribution < 1.29 is 13.9 Å². The number of hydrogen-bond acceptors (Lipinski definition) is 2. The summed E-state index contributed by atoms with van der Waals surface area (Å²) in [5, 5.41) is 0. The fraction of sp³-hybridized carbons (Fsp3) is 0.200. The van der Waals surface area contributed by atoms with E-state index in [9.17, 15) is 4.79 Å². The first kappa shape index (κ1) is 11.7. The van der Waals surface area contributed by atoms with Crippen LogP contribution in [0.4, 0.5) is 0 Å². The van der Waals surface area contributed by atoms with E-state index in [1.54, 1.807) is 0 Å². The molecule has 1 aromatic carbocycles. The zero-order valence-corrected chi connectivity index (χ0v) is 10.7. The van der Waals surface area contributed by atoms with Gasteiger partial charge in [-0.25, -0.2) is 0 Å². The molecule has 19 heavy (non-hydrogen) atoms. The van der Waals surface area contributed by atoms with Gasteiger partial charge in [-0.2, -0.15) is 0 Å². The van der Waals surface area contributed by atoms with Crippen LogP contribution in [0, 0.1) is 6.92 Å². The topological polar surface area (TPSA) is 45.2 Å². The number of nitrogens with zero attached hydrogens (tertiary/aromatic N) is 1. The van der Waals surface area contributed by atoms with E-state index in [1.165, 1.54) is 0 Å². The van der Waals surface area contributed by atoms with Crippen LogP contribution >= 0.6 is 0 Å². The zero-order chi connectivity index (χ0) is 13.2. The summed E-state index contributed by atoms with van der Waals surface area (Å²) in [6.45, 7) is 1.90. The van der Waals surface area contributed by atoms with E-state index in [1.807, 2.05) is 60.3 Å². The molecule has 2 aromatic rings. The average molecular weight is 255 g/mol. The standard InChI is InChI=1S/C15H14N2O2/c1-11-7-8-13(19-11)10-17-14(9-15(18)16-17)12-5-3-2-4-6-12/h2-8,10,14H,9H2,1H3/p+1/b17-10-. The Kier molecular flexibility index (Phi) is 2.91. The first-order valence-corrected chi connectivity index (χ1v) is 6.26. The summed E-state index contributed by atoms with van der Waals surface area (Å²) in [6.07, 6.45) is 2.29. The number of hydrazone groups is 1. The molecular weight excluding hydrogens is 240 g/mol. The maximum atomic E-state index is 11.6. The van der Waals surface area contributed by atoms with Gasteiger partial charge in [0.15, 0.2) is 5.76 Å². The van der Waals surface area contributed by atoms with Crippen molar-refractivity contribution in [2.24, 2.45) is 0 Å². The van der Waals surface area contributed by atoms with Crippen LogP contribution in [0.1, 0.15) is 29.5 Å². The average Bonchev–Trinajstić information content (AvgIpc) is 2.97. The van der Waals surface area contributed by atoms with Gasteiger partial charge in [-0.3, -0.25) is 4.79 Å². The molecule has 1 N–H and O–H groups in total. The second kappa shape index (κ2) is 4.72. The van der Waals surface area contributed by atoms with Crippen LogP contribution in [0.15, 0.2) is 46.9 Å². The number of carbonyl (C=O) groups excluding carboxylic acids is 1. The van der Waals surface area contributed by atoms with Crippen LogP contribution in [0.3, 0.4) is 0 Å². The van der Waals surface area contributed by atoms with Gasteiger partial charge in [0, 0.05) is 5.56 Å². The molecule has 2 heterocycles. The first-order valence-electron chi connectivity index (χ1n) is 6.26. The van der Waals surface area contributed by atoms with E-state index >= 15 is 0 Å². The summed E-state index contributed by atoms with van der Waals surface area (Å²) in [7, 11) is 0. The minimum Gasteiger partial charge on any atom is -0.456 e. The molecule has 1 amide bonds. The Morgan fingerprint density at radius 2 is 2.05 bits per heavy atom. The van der Waals surface area contributed by atoms with E-state index in [4.69, 9.17) is 4.42 Å². The second-order valence-corrected chi connectivity index (χ2v) is 4.65. The highest BCUT2D eigenvalue weighted by atomic mass is 16.3. The van der Waals surface area contributed by atoms with Crippen molar-refractivity contribution in [2.45, 2.75) is 19.4 Å². The molecule has 3 rings (SSSR count). The lowest BCUT2D eigenvalue weighted by Crippen LogP contribution is -2.26. The predicted octanol–water partition coefficient (Wildman–Crippen LogP) is 2.20. The largest absolute Gasteiger partial charge is 0.456 e. The molecule has 4 heteroatoms. The number of furan rings is 1. The fourth-order valence-electron chi connectivity index (χ4n) is 2.28. The summed E-state index contributed by atoms with van der Waals surface area (Å²) < 4.78 is 7.33. The number of rotatable bonds is 2. The van der Waals surface area contributed by atoms with Gasteiger partial charge in [0.2, 0.25) is 12.3 Å². The molecule has 0 radical (unpaired) electrons. The van der Waals surface area contributed by atoms with Crippen LogP contribution in [-0.4, -0.2) is 16.8 Å². The van der Waals surface area contributed by atoms with Crippen LogP contribution in [0.25, 0.3) is 0 Å². The van der Waals surface area contributed by atoms with Crippen molar-refractivity contribution in [3.8, 4) is 0 Å². The third kappa shape index (κ3) is 2.42. The van der Waals surface area contributed by atoms with Crippen molar-refractivity contribution in [3.05, 3.63) is 59.5 Å². The lowest BCUT2D eigenvalue weighted by Gasteiger charge is -2.04. The summed E-state index contributed by atoms with van der Waals surface area (Å²) in [6, 6.07) is 13.8. The number of amides is 1. The second-order valence-electron chi connectivity index (χ2n) is 4.65. The van der Waals surface area contributed by atoms with Crippen molar-refractivity contribution in [3.63, 3.8) is 0 Å². The molecule has 1 saturated heterocycles. The summed E-state index contributed by atoms with van der Waals surface area (Å²) in [4.78, 5) is 11.6. The molecule has 0 spiro atoms. The lowest BCUT2D eigenvalue weighted by atomic mass is 10.1. The van der Waals surface area contributed by atoms with Crippen LogP contribution < -0.4 is 5.43 Å². The minimum atomic E-state index is 0.0131. The monoisotopic (exact) mass is 255 g/mol. The highest BCUT2D eigenvalue weighted by molar-refractivity contribution is 5.79. The van der Waals surface area contributed by atoms with Gasteiger partial charge in [0.1, 0.15) is 12.2 Å². The molecule has 1 atom stereocenters. The Hall–Kier alpha value is -2.36. The number of carbonyl (C=O) groups is 1. The van der Waals surface area contributed by atoms with Gasteiger partial charge < -0.3 is 4.42 Å². The van der Waals surface area contributed by atoms with E-state index in [-0.39, 0.29) is 11.9 Å². The van der Waals surface area contributed by atoms with Crippen molar-refractivity contribution in [1.82, 2.24) is 5.43 Å². The van der Waals surface area contributed by atoms with Gasteiger partial charge >= 0.3 is 0 Å². The number of benzene rings is 1. The normalized spacial score (nSPS) is 20.8. The molecule has 0 saturated carbocycles. The Bertz CT molecular complexity index is 629. The van der Waals surface area contributed by atoms with Gasteiger partial charge in [0.05, 0.1) is 0 Å². The Labute approximate surface area is 111 Å². The molecule has 1 fully saturated rings. The van der Waals surface area contributed by atoms with Gasteiger partial charge in [-0.05, 0) is 19.1 Å². The number of hydrogen-bond donors (Lipinski definition) is 1. The van der Waals surface area contributed by atoms with E-state index in [0.717, 1.165) is 17.1 Å². The molecule has 96 valence electrons. The molecule has 1 aliphatic heterocycles. The maximum absolute atomic E-state index is 11.6. The van der Waals surface area contributed by atoms with Gasteiger partial charge in [-0.1, -0.05) is 30.3 Å².